The highest BCUT2D eigenvalue weighted by atomic mass is 32.1. The molecule has 1 heterocycles. The lowest BCUT2D eigenvalue weighted by atomic mass is 10.1. The molecule has 0 saturated heterocycles. The Balaban J connectivity index is 1.90. The van der Waals surface area contributed by atoms with Crippen LogP contribution in [-0.2, 0) is 0 Å². The first-order valence-electron chi connectivity index (χ1n) is 7.61. The number of ether oxygens (including phenoxy) is 1. The van der Waals surface area contributed by atoms with Crippen molar-refractivity contribution in [1.82, 2.24) is 4.98 Å². The van der Waals surface area contributed by atoms with Gasteiger partial charge < -0.3 is 4.74 Å². The number of benzene rings is 2. The van der Waals surface area contributed by atoms with Crippen molar-refractivity contribution in [3.63, 3.8) is 0 Å². The van der Waals surface area contributed by atoms with Crippen LogP contribution >= 0.6 is 11.3 Å². The van der Waals surface area contributed by atoms with Crippen LogP contribution in [0.2, 0.25) is 0 Å². The van der Waals surface area contributed by atoms with Crippen molar-refractivity contribution in [2.75, 3.05) is 12.4 Å². The van der Waals surface area contributed by atoms with E-state index < -0.39 is 0 Å². The number of thiazole rings is 1. The summed E-state index contributed by atoms with van der Waals surface area (Å²) >= 11 is 1.17. The molecule has 2 aromatic carbocycles. The van der Waals surface area contributed by atoms with E-state index in [-0.39, 0.29) is 11.7 Å². The number of nitrogens with zero attached hydrogens (tertiary/aromatic N) is 1. The maximum atomic E-state index is 12.4. The molecule has 1 aromatic heterocycles. The summed E-state index contributed by atoms with van der Waals surface area (Å²) in [5, 5.41) is 3.14. The number of hydrogen-bond donors (Lipinski definition) is 1. The Bertz CT molecular complexity index is 919. The van der Waals surface area contributed by atoms with E-state index in [1.54, 1.807) is 31.4 Å². The standard InChI is InChI=1S/C19H16N2O3S/c1-12(22)17-16(13-7-4-3-5-8-13)20-19(25-17)21-18(23)14-9-6-10-15(11-14)24-2/h3-11H,1-2H3,(H,20,21,23). The van der Waals surface area contributed by atoms with Crippen LogP contribution in [0.15, 0.2) is 54.6 Å². The number of carbonyl (C=O) groups excluding carboxylic acids is 2. The number of amides is 1. The lowest BCUT2D eigenvalue weighted by Crippen LogP contribution is -2.11. The molecule has 0 spiro atoms. The molecule has 0 saturated carbocycles. The fraction of sp³-hybridized carbons (Fsp3) is 0.105. The Morgan fingerprint density at radius 2 is 1.84 bits per heavy atom. The molecule has 6 heteroatoms. The third-order valence-electron chi connectivity index (χ3n) is 3.55. The van der Waals surface area contributed by atoms with Gasteiger partial charge in [-0.15, -0.1) is 0 Å². The number of rotatable bonds is 5. The first kappa shape index (κ1) is 16.9. The number of Topliss-reactive ketones (excluding diaryl/α,β-unsaturated/α-hetero) is 1. The maximum absolute atomic E-state index is 12.4. The Labute approximate surface area is 149 Å². The zero-order valence-corrected chi connectivity index (χ0v) is 14.6. The maximum Gasteiger partial charge on any atom is 0.257 e. The molecule has 0 aliphatic rings. The highest BCUT2D eigenvalue weighted by Gasteiger charge is 2.18. The smallest absolute Gasteiger partial charge is 0.257 e. The van der Waals surface area contributed by atoms with Crippen molar-refractivity contribution in [3.05, 3.63) is 65.0 Å². The van der Waals surface area contributed by atoms with Crippen molar-refractivity contribution >= 4 is 28.2 Å². The van der Waals surface area contributed by atoms with Crippen molar-refractivity contribution < 1.29 is 14.3 Å². The average Bonchev–Trinajstić information content (AvgIpc) is 3.06. The number of ketones is 1. The van der Waals surface area contributed by atoms with E-state index in [1.165, 1.54) is 18.3 Å². The normalized spacial score (nSPS) is 10.3. The SMILES string of the molecule is COc1cccc(C(=O)Nc2nc(-c3ccccc3)c(C(C)=O)s2)c1. The molecule has 126 valence electrons. The van der Waals surface area contributed by atoms with Gasteiger partial charge in [0.25, 0.3) is 5.91 Å². The second-order valence-corrected chi connectivity index (χ2v) is 6.30. The Morgan fingerprint density at radius 1 is 1.08 bits per heavy atom. The fourth-order valence-electron chi connectivity index (χ4n) is 2.34. The van der Waals surface area contributed by atoms with Gasteiger partial charge in [0.2, 0.25) is 0 Å². The lowest BCUT2D eigenvalue weighted by molar-refractivity contribution is 0.101. The molecule has 0 aliphatic heterocycles. The van der Waals surface area contributed by atoms with Crippen LogP contribution in [0.5, 0.6) is 5.75 Å². The topological polar surface area (TPSA) is 68.3 Å². The highest BCUT2D eigenvalue weighted by Crippen LogP contribution is 2.31. The van der Waals surface area contributed by atoms with Crippen molar-refractivity contribution in [2.45, 2.75) is 6.92 Å². The van der Waals surface area contributed by atoms with Crippen LogP contribution in [0.1, 0.15) is 27.0 Å². The second-order valence-electron chi connectivity index (χ2n) is 5.31. The molecule has 1 N–H and O–H groups in total. The summed E-state index contributed by atoms with van der Waals surface area (Å²) in [6, 6.07) is 16.3. The summed E-state index contributed by atoms with van der Waals surface area (Å²) in [6.45, 7) is 1.49. The third-order valence-corrected chi connectivity index (χ3v) is 4.62. The average molecular weight is 352 g/mol. The molecule has 5 nitrogen and oxygen atoms in total. The molecular weight excluding hydrogens is 336 g/mol. The molecule has 3 rings (SSSR count). The van der Waals surface area contributed by atoms with Gasteiger partial charge in [-0.2, -0.15) is 0 Å². The molecular formula is C19H16N2O3S. The van der Waals surface area contributed by atoms with Gasteiger partial charge in [-0.3, -0.25) is 14.9 Å². The van der Waals surface area contributed by atoms with E-state index in [0.29, 0.717) is 27.0 Å². The fourth-order valence-corrected chi connectivity index (χ4v) is 3.22. The molecule has 0 unspecified atom stereocenters. The molecule has 25 heavy (non-hydrogen) atoms. The van der Waals surface area contributed by atoms with Gasteiger partial charge in [0.15, 0.2) is 10.9 Å². The minimum absolute atomic E-state index is 0.0850. The zero-order chi connectivity index (χ0) is 17.8. The predicted molar refractivity (Wildman–Crippen MR) is 98.5 cm³/mol. The van der Waals surface area contributed by atoms with Gasteiger partial charge in [0.1, 0.15) is 5.75 Å². The van der Waals surface area contributed by atoms with Crippen molar-refractivity contribution in [2.24, 2.45) is 0 Å². The van der Waals surface area contributed by atoms with E-state index in [4.69, 9.17) is 4.74 Å². The van der Waals surface area contributed by atoms with Gasteiger partial charge in [0, 0.05) is 18.1 Å². The largest absolute Gasteiger partial charge is 0.497 e. The summed E-state index contributed by atoms with van der Waals surface area (Å²) in [6.07, 6.45) is 0. The molecule has 0 atom stereocenters. The minimum atomic E-state index is -0.303. The number of hydrogen-bond acceptors (Lipinski definition) is 5. The van der Waals surface area contributed by atoms with Crippen molar-refractivity contribution in [3.8, 4) is 17.0 Å². The number of nitrogens with one attached hydrogen (secondary N) is 1. The van der Waals surface area contributed by atoms with E-state index >= 15 is 0 Å². The number of carbonyl (C=O) groups is 2. The van der Waals surface area contributed by atoms with Gasteiger partial charge in [-0.1, -0.05) is 47.7 Å². The van der Waals surface area contributed by atoms with Gasteiger partial charge >= 0.3 is 0 Å². The quantitative estimate of drug-likeness (QED) is 0.696. The van der Waals surface area contributed by atoms with E-state index in [1.807, 2.05) is 30.3 Å². The first-order chi connectivity index (χ1) is 12.1. The Morgan fingerprint density at radius 3 is 2.52 bits per heavy atom. The Hall–Kier alpha value is -2.99. The highest BCUT2D eigenvalue weighted by molar-refractivity contribution is 7.18. The summed E-state index contributed by atoms with van der Waals surface area (Å²) in [4.78, 5) is 29.3. The first-order valence-corrected chi connectivity index (χ1v) is 8.42. The Kier molecular flexibility index (Phi) is 4.90. The van der Waals surface area contributed by atoms with Crippen LogP contribution in [0.4, 0.5) is 5.13 Å². The zero-order valence-electron chi connectivity index (χ0n) is 13.8. The summed E-state index contributed by atoms with van der Waals surface area (Å²) in [5.41, 5.74) is 1.88. The number of anilines is 1. The van der Waals surface area contributed by atoms with E-state index in [0.717, 1.165) is 5.56 Å². The number of methoxy groups -OCH3 is 1. The van der Waals surface area contributed by atoms with Crippen LogP contribution in [0, 0.1) is 0 Å². The van der Waals surface area contributed by atoms with Crippen molar-refractivity contribution in [1.29, 1.82) is 0 Å². The molecule has 0 aliphatic carbocycles. The second kappa shape index (κ2) is 7.27. The summed E-state index contributed by atoms with van der Waals surface area (Å²) < 4.78 is 5.13. The van der Waals surface area contributed by atoms with E-state index in [2.05, 4.69) is 10.3 Å². The molecule has 1 amide bonds. The molecule has 0 fully saturated rings. The third kappa shape index (κ3) is 3.75. The van der Waals surface area contributed by atoms with Gasteiger partial charge in [0.05, 0.1) is 17.7 Å². The number of aromatic nitrogens is 1. The summed E-state index contributed by atoms with van der Waals surface area (Å²) in [5.74, 6) is 0.210. The molecule has 3 aromatic rings. The molecule has 0 radical (unpaired) electrons. The van der Waals surface area contributed by atoms with Crippen LogP contribution < -0.4 is 10.1 Å². The van der Waals surface area contributed by atoms with Gasteiger partial charge in [-0.05, 0) is 18.2 Å². The predicted octanol–water partition coefficient (Wildman–Crippen LogP) is 4.27. The lowest BCUT2D eigenvalue weighted by Gasteiger charge is -2.04. The summed E-state index contributed by atoms with van der Waals surface area (Å²) in [7, 11) is 1.54. The van der Waals surface area contributed by atoms with Gasteiger partial charge in [-0.25, -0.2) is 4.98 Å². The van der Waals surface area contributed by atoms with Crippen LogP contribution in [-0.4, -0.2) is 23.8 Å². The monoisotopic (exact) mass is 352 g/mol. The van der Waals surface area contributed by atoms with E-state index in [9.17, 15) is 9.59 Å². The minimum Gasteiger partial charge on any atom is -0.497 e. The van der Waals surface area contributed by atoms with Crippen LogP contribution in [0.25, 0.3) is 11.3 Å². The molecule has 0 bridgehead atoms. The van der Waals surface area contributed by atoms with Crippen LogP contribution in [0.3, 0.4) is 0 Å².